The first-order valence-corrected chi connectivity index (χ1v) is 11.2. The van der Waals surface area contributed by atoms with Crippen LogP contribution in [0.4, 0.5) is 5.69 Å². The molecule has 0 unspecified atom stereocenters. The Labute approximate surface area is 203 Å². The smallest absolute Gasteiger partial charge is 0.261 e. The Morgan fingerprint density at radius 1 is 1.06 bits per heavy atom. The number of ether oxygens (including phenoxy) is 3. The van der Waals surface area contributed by atoms with Gasteiger partial charge in [-0.15, -0.1) is 0 Å². The Balaban J connectivity index is 1.59. The number of amides is 2. The van der Waals surface area contributed by atoms with Crippen LogP contribution in [-0.2, 0) is 16.1 Å². The Morgan fingerprint density at radius 3 is 2.49 bits per heavy atom. The molecule has 3 rings (SSSR count). The monoisotopic (exact) mass is 482 g/mol. The Hall–Kier alpha value is -4.08. The Morgan fingerprint density at radius 2 is 1.80 bits per heavy atom. The van der Waals surface area contributed by atoms with Crippen molar-refractivity contribution in [3.8, 4) is 17.2 Å². The number of rotatable bonds is 11. The third kappa shape index (κ3) is 6.28. The molecule has 35 heavy (non-hydrogen) atoms. The van der Waals surface area contributed by atoms with Crippen LogP contribution in [0, 0.1) is 0 Å². The van der Waals surface area contributed by atoms with Crippen LogP contribution in [0.1, 0.15) is 19.8 Å². The molecule has 0 radical (unpaired) electrons. The highest BCUT2D eigenvalue weighted by Crippen LogP contribution is 2.29. The largest absolute Gasteiger partial charge is 0.497 e. The van der Waals surface area contributed by atoms with Gasteiger partial charge in [0.2, 0.25) is 11.8 Å². The normalized spacial score (nSPS) is 10.6. The first-order chi connectivity index (χ1) is 16.9. The van der Waals surface area contributed by atoms with Crippen molar-refractivity contribution < 1.29 is 23.8 Å². The van der Waals surface area contributed by atoms with Gasteiger partial charge in [0.25, 0.3) is 5.56 Å². The number of anilines is 1. The fourth-order valence-corrected chi connectivity index (χ4v) is 3.65. The minimum atomic E-state index is -0.298. The van der Waals surface area contributed by atoms with Gasteiger partial charge in [-0.1, -0.05) is 6.07 Å². The number of fused-ring (bicyclic) bond motifs is 1. The van der Waals surface area contributed by atoms with Crippen LogP contribution < -0.4 is 25.1 Å². The number of hydrogen-bond donors (Lipinski definition) is 1. The van der Waals surface area contributed by atoms with Crippen molar-refractivity contribution in [2.45, 2.75) is 26.3 Å². The molecule has 10 nitrogen and oxygen atoms in total. The Bertz CT molecular complexity index is 1260. The third-order valence-corrected chi connectivity index (χ3v) is 5.54. The van der Waals surface area contributed by atoms with Crippen LogP contribution >= 0.6 is 0 Å². The highest BCUT2D eigenvalue weighted by molar-refractivity contribution is 5.94. The van der Waals surface area contributed by atoms with Crippen molar-refractivity contribution >= 4 is 28.4 Å². The molecule has 1 heterocycles. The number of nitrogens with one attached hydrogen (secondary N) is 1. The van der Waals surface area contributed by atoms with E-state index in [4.69, 9.17) is 14.2 Å². The molecule has 0 spiro atoms. The number of nitrogens with zero attached hydrogens (tertiary/aromatic N) is 3. The zero-order valence-corrected chi connectivity index (χ0v) is 20.4. The summed E-state index contributed by atoms with van der Waals surface area (Å²) in [5.74, 6) is 1.10. The van der Waals surface area contributed by atoms with E-state index >= 15 is 0 Å². The number of hydrogen-bond acceptors (Lipinski definition) is 7. The summed E-state index contributed by atoms with van der Waals surface area (Å²) < 4.78 is 17.2. The van der Waals surface area contributed by atoms with Gasteiger partial charge in [-0.3, -0.25) is 19.0 Å². The summed E-state index contributed by atoms with van der Waals surface area (Å²) in [6.45, 7) is 2.46. The highest BCUT2D eigenvalue weighted by atomic mass is 16.5. The van der Waals surface area contributed by atoms with Crippen molar-refractivity contribution in [2.75, 3.05) is 39.7 Å². The summed E-state index contributed by atoms with van der Waals surface area (Å²) in [5.41, 5.74) is 0.864. The van der Waals surface area contributed by atoms with Crippen molar-refractivity contribution in [1.29, 1.82) is 0 Å². The summed E-state index contributed by atoms with van der Waals surface area (Å²) >= 11 is 0. The van der Waals surface area contributed by atoms with Gasteiger partial charge in [0, 0.05) is 37.3 Å². The van der Waals surface area contributed by atoms with Crippen LogP contribution in [0.3, 0.4) is 0 Å². The molecule has 0 aliphatic rings. The molecule has 0 saturated carbocycles. The second kappa shape index (κ2) is 11.9. The number of likely N-dealkylation sites (N-methyl/N-ethyl adjacent to an activating group) is 1. The summed E-state index contributed by atoms with van der Waals surface area (Å²) in [6, 6.07) is 10.3. The number of benzene rings is 2. The second-order valence-electron chi connectivity index (χ2n) is 7.76. The Kier molecular flexibility index (Phi) is 8.66. The van der Waals surface area contributed by atoms with Gasteiger partial charge in [-0.25, -0.2) is 4.98 Å². The minimum Gasteiger partial charge on any atom is -0.497 e. The topological polar surface area (TPSA) is 112 Å². The lowest BCUT2D eigenvalue weighted by Crippen LogP contribution is -2.38. The number of carbonyl (C=O) groups is 2. The summed E-state index contributed by atoms with van der Waals surface area (Å²) in [5, 5.41) is 3.18. The summed E-state index contributed by atoms with van der Waals surface area (Å²) in [4.78, 5) is 43.8. The SMILES string of the molecule is CCN(CC(=O)Nc1cccc(OC)c1)C(=O)CCCn1cnc2cc(OC)c(OC)cc2c1=O. The lowest BCUT2D eigenvalue weighted by molar-refractivity contribution is -0.134. The maximum absolute atomic E-state index is 12.9. The van der Waals surface area contributed by atoms with Crippen molar-refractivity contribution in [1.82, 2.24) is 14.5 Å². The molecule has 1 N–H and O–H groups in total. The predicted molar refractivity (Wildman–Crippen MR) is 132 cm³/mol. The maximum atomic E-state index is 12.9. The van der Waals surface area contributed by atoms with E-state index in [1.54, 1.807) is 43.5 Å². The van der Waals surface area contributed by atoms with Crippen LogP contribution in [0.2, 0.25) is 0 Å². The van der Waals surface area contributed by atoms with E-state index in [1.165, 1.54) is 30.0 Å². The fraction of sp³-hybridized carbons (Fsp3) is 0.360. The van der Waals surface area contributed by atoms with Crippen LogP contribution in [0.25, 0.3) is 10.9 Å². The molecule has 0 aliphatic heterocycles. The van der Waals surface area contributed by atoms with E-state index in [-0.39, 0.29) is 30.3 Å². The van der Waals surface area contributed by atoms with Crippen LogP contribution in [0.5, 0.6) is 17.2 Å². The third-order valence-electron chi connectivity index (χ3n) is 5.54. The lowest BCUT2D eigenvalue weighted by Gasteiger charge is -2.20. The molecular formula is C25H30N4O6. The van der Waals surface area contributed by atoms with E-state index in [2.05, 4.69) is 10.3 Å². The first-order valence-electron chi connectivity index (χ1n) is 11.2. The molecule has 0 bridgehead atoms. The molecule has 0 aliphatic carbocycles. The van der Waals surface area contributed by atoms with E-state index in [9.17, 15) is 14.4 Å². The van der Waals surface area contributed by atoms with E-state index in [0.717, 1.165) is 0 Å². The minimum absolute atomic E-state index is 0.0638. The van der Waals surface area contributed by atoms with Gasteiger partial charge < -0.3 is 24.4 Å². The van der Waals surface area contributed by atoms with E-state index in [0.29, 0.717) is 53.3 Å². The molecule has 186 valence electrons. The molecule has 0 saturated heterocycles. The molecule has 1 aromatic heterocycles. The second-order valence-corrected chi connectivity index (χ2v) is 7.76. The molecule has 2 amide bonds. The van der Waals surface area contributed by atoms with Crippen molar-refractivity contribution in [2.24, 2.45) is 0 Å². The van der Waals surface area contributed by atoms with Gasteiger partial charge >= 0.3 is 0 Å². The van der Waals surface area contributed by atoms with Gasteiger partial charge in [0.15, 0.2) is 11.5 Å². The van der Waals surface area contributed by atoms with E-state index in [1.807, 2.05) is 6.92 Å². The van der Waals surface area contributed by atoms with Gasteiger partial charge in [-0.2, -0.15) is 0 Å². The van der Waals surface area contributed by atoms with Crippen molar-refractivity contribution in [3.63, 3.8) is 0 Å². The van der Waals surface area contributed by atoms with Crippen molar-refractivity contribution in [3.05, 3.63) is 53.1 Å². The zero-order chi connectivity index (χ0) is 25.4. The molecule has 10 heteroatoms. The van der Waals surface area contributed by atoms with Crippen LogP contribution in [0.15, 0.2) is 47.5 Å². The molecule has 2 aromatic carbocycles. The van der Waals surface area contributed by atoms with Crippen LogP contribution in [-0.4, -0.2) is 60.7 Å². The zero-order valence-electron chi connectivity index (χ0n) is 20.4. The first kappa shape index (κ1) is 25.5. The standard InChI is InChI=1S/C25H30N4O6/c1-5-28(15-23(30)27-17-8-6-9-18(12-17)33-2)24(31)10-7-11-29-16-26-20-14-22(35-4)21(34-3)13-19(20)25(29)32/h6,8-9,12-14,16H,5,7,10-11,15H2,1-4H3,(H,27,30). The summed E-state index contributed by atoms with van der Waals surface area (Å²) in [6.07, 6.45) is 2.07. The van der Waals surface area contributed by atoms with Gasteiger partial charge in [0.1, 0.15) is 5.75 Å². The average Bonchev–Trinajstić information content (AvgIpc) is 2.87. The maximum Gasteiger partial charge on any atom is 0.261 e. The van der Waals surface area contributed by atoms with Gasteiger partial charge in [-0.05, 0) is 31.5 Å². The van der Waals surface area contributed by atoms with Gasteiger partial charge in [0.05, 0.1) is 45.1 Å². The number of aryl methyl sites for hydroxylation is 1. The number of aromatic nitrogens is 2. The quantitative estimate of drug-likeness (QED) is 0.447. The molecule has 0 fully saturated rings. The molecular weight excluding hydrogens is 452 g/mol. The van der Waals surface area contributed by atoms with E-state index < -0.39 is 0 Å². The predicted octanol–water partition coefficient (Wildman–Crippen LogP) is 2.69. The molecule has 0 atom stereocenters. The summed E-state index contributed by atoms with van der Waals surface area (Å²) in [7, 11) is 4.57. The highest BCUT2D eigenvalue weighted by Gasteiger charge is 2.16. The number of methoxy groups -OCH3 is 3. The molecule has 3 aromatic rings. The average molecular weight is 483 g/mol. The lowest BCUT2D eigenvalue weighted by atomic mass is 10.2. The number of carbonyl (C=O) groups excluding carboxylic acids is 2. The fourth-order valence-electron chi connectivity index (χ4n) is 3.65.